The molecule has 0 saturated carbocycles. The van der Waals surface area contributed by atoms with Crippen molar-refractivity contribution in [2.24, 2.45) is 0 Å². The van der Waals surface area contributed by atoms with E-state index in [-0.39, 0.29) is 5.41 Å². The lowest BCUT2D eigenvalue weighted by Crippen LogP contribution is -2.16. The lowest BCUT2D eigenvalue weighted by atomic mass is 9.82. The summed E-state index contributed by atoms with van der Waals surface area (Å²) in [5, 5.41) is 3.86. The summed E-state index contributed by atoms with van der Waals surface area (Å²) in [4.78, 5) is 3.96. The molecule has 0 saturated heterocycles. The van der Waals surface area contributed by atoms with Crippen LogP contribution in [0, 0.1) is 0 Å². The predicted molar refractivity (Wildman–Crippen MR) is 220 cm³/mol. The Hall–Kier alpha value is -5.70. The molecular weight excluding hydrogens is 635 g/mol. The highest BCUT2D eigenvalue weighted by atomic mass is 32.1. The summed E-state index contributed by atoms with van der Waals surface area (Å²) in [6.45, 7) is 4.73. The first-order chi connectivity index (χ1) is 25.0. The van der Waals surface area contributed by atoms with Crippen LogP contribution in [0.3, 0.4) is 0 Å². The first kappa shape index (κ1) is 30.2. The van der Waals surface area contributed by atoms with Gasteiger partial charge in [0, 0.05) is 37.4 Å². The lowest BCUT2D eigenvalue weighted by Gasteiger charge is -2.29. The minimum atomic E-state index is -0.0935. The van der Waals surface area contributed by atoms with Gasteiger partial charge in [-0.15, -0.1) is 11.3 Å². The van der Waals surface area contributed by atoms with Crippen molar-refractivity contribution >= 4 is 55.3 Å². The Labute approximate surface area is 303 Å². The van der Waals surface area contributed by atoms with Crippen LogP contribution in [0.15, 0.2) is 158 Å². The fourth-order valence-corrected chi connectivity index (χ4v) is 9.89. The zero-order valence-corrected chi connectivity index (χ0v) is 29.7. The molecule has 0 atom stereocenters. The smallest absolute Gasteiger partial charge is 0.0474 e. The molecule has 0 bridgehead atoms. The van der Waals surface area contributed by atoms with Gasteiger partial charge in [-0.25, -0.2) is 0 Å². The first-order valence-electron chi connectivity index (χ1n) is 18.0. The maximum Gasteiger partial charge on any atom is 0.0474 e. The van der Waals surface area contributed by atoms with Gasteiger partial charge in [-0.1, -0.05) is 141 Å². The third-order valence-electron chi connectivity index (χ3n) is 11.1. The minimum Gasteiger partial charge on any atom is -0.310 e. The maximum atomic E-state index is 2.46. The van der Waals surface area contributed by atoms with Gasteiger partial charge in [0.05, 0.1) is 0 Å². The molecule has 2 aliphatic rings. The highest BCUT2D eigenvalue weighted by molar-refractivity contribution is 7.20. The van der Waals surface area contributed by atoms with Crippen molar-refractivity contribution < 1.29 is 0 Å². The van der Waals surface area contributed by atoms with Crippen molar-refractivity contribution in [3.63, 3.8) is 0 Å². The van der Waals surface area contributed by atoms with E-state index in [1.165, 1.54) is 75.8 Å². The number of aryl methyl sites for hydroxylation is 1. The summed E-state index contributed by atoms with van der Waals surface area (Å²) in [6, 6.07) is 56.4. The second-order valence-electron chi connectivity index (χ2n) is 14.4. The average Bonchev–Trinajstić information content (AvgIpc) is 3.67. The molecule has 0 unspecified atom stereocenters. The molecule has 0 N–H and O–H groups in total. The van der Waals surface area contributed by atoms with Crippen LogP contribution in [0.1, 0.15) is 41.8 Å². The Kier molecular flexibility index (Phi) is 6.91. The Bertz CT molecular complexity index is 2660. The SMILES string of the molecule is CC1(C)c2ccccc2-c2ccc(N(c3ccc(-c4cccc5c6c(sc45)CCC=C6)cc3)c3cc(-c4ccccc4)c4ccccc4c3)cc21. The summed E-state index contributed by atoms with van der Waals surface area (Å²) in [5.41, 5.74) is 15.2. The van der Waals surface area contributed by atoms with Gasteiger partial charge in [0.2, 0.25) is 0 Å². The standard InChI is InChI=1S/C49H37NS/c1-49(2)45-21-10-8-17-40(45)41-28-27-36(31-46(41)49)50(37-29-34-15-6-7-16-38(34)44(30-37)32-13-4-3-5-14-32)35-25-23-33(24-26-35)39-19-12-20-43-42-18-9-11-22-47(42)51-48(39)43/h3-10,12-21,23-31H,11,22H2,1-2H3. The molecule has 0 spiro atoms. The Morgan fingerprint density at radius 1 is 0.529 bits per heavy atom. The molecule has 0 radical (unpaired) electrons. The van der Waals surface area contributed by atoms with Crippen LogP contribution in [0.25, 0.3) is 60.3 Å². The number of nitrogens with zero attached hydrogens (tertiary/aromatic N) is 1. The zero-order chi connectivity index (χ0) is 34.1. The fourth-order valence-electron chi connectivity index (χ4n) is 8.55. The third-order valence-corrected chi connectivity index (χ3v) is 12.4. The van der Waals surface area contributed by atoms with Gasteiger partial charge in [0.25, 0.3) is 0 Å². The van der Waals surface area contributed by atoms with E-state index in [0.29, 0.717) is 0 Å². The molecular formula is C49H37NS. The van der Waals surface area contributed by atoms with E-state index in [2.05, 4.69) is 183 Å². The second kappa shape index (κ2) is 11.7. The molecule has 1 nitrogen and oxygen atoms in total. The van der Waals surface area contributed by atoms with Crippen LogP contribution in [-0.2, 0) is 11.8 Å². The molecule has 244 valence electrons. The topological polar surface area (TPSA) is 3.24 Å². The van der Waals surface area contributed by atoms with Gasteiger partial charge in [-0.3, -0.25) is 0 Å². The number of anilines is 3. The Morgan fingerprint density at radius 3 is 2.12 bits per heavy atom. The predicted octanol–water partition coefficient (Wildman–Crippen LogP) is 14.1. The molecule has 10 rings (SSSR count). The molecule has 7 aromatic carbocycles. The maximum absolute atomic E-state index is 2.46. The van der Waals surface area contributed by atoms with Gasteiger partial charge in [-0.05, 0) is 110 Å². The second-order valence-corrected chi connectivity index (χ2v) is 15.5. The number of thiophene rings is 1. The monoisotopic (exact) mass is 671 g/mol. The van der Waals surface area contributed by atoms with Gasteiger partial charge in [0.15, 0.2) is 0 Å². The van der Waals surface area contributed by atoms with E-state index in [9.17, 15) is 0 Å². The van der Waals surface area contributed by atoms with Crippen molar-refractivity contribution in [2.45, 2.75) is 32.1 Å². The molecule has 2 heteroatoms. The highest BCUT2D eigenvalue weighted by Crippen LogP contribution is 2.51. The summed E-state index contributed by atoms with van der Waals surface area (Å²) >= 11 is 1.97. The first-order valence-corrected chi connectivity index (χ1v) is 18.8. The third kappa shape index (κ3) is 4.82. The molecule has 0 amide bonds. The number of benzene rings is 7. The lowest BCUT2D eigenvalue weighted by molar-refractivity contribution is 0.660. The van der Waals surface area contributed by atoms with Gasteiger partial charge in [-0.2, -0.15) is 0 Å². The summed E-state index contributed by atoms with van der Waals surface area (Å²) in [5.74, 6) is 0. The molecule has 0 fully saturated rings. The fraction of sp³-hybridized carbons (Fsp3) is 0.102. The largest absolute Gasteiger partial charge is 0.310 e. The number of allylic oxidation sites excluding steroid dienone is 1. The van der Waals surface area contributed by atoms with Crippen LogP contribution in [-0.4, -0.2) is 0 Å². The van der Waals surface area contributed by atoms with E-state index in [1.54, 1.807) is 0 Å². The van der Waals surface area contributed by atoms with Gasteiger partial charge >= 0.3 is 0 Å². The van der Waals surface area contributed by atoms with Crippen LogP contribution in [0.4, 0.5) is 17.1 Å². The number of hydrogen-bond acceptors (Lipinski definition) is 2. The number of hydrogen-bond donors (Lipinski definition) is 0. The van der Waals surface area contributed by atoms with E-state index in [1.807, 2.05) is 11.3 Å². The number of rotatable bonds is 5. The normalized spacial score (nSPS) is 14.0. The van der Waals surface area contributed by atoms with Crippen LogP contribution >= 0.6 is 11.3 Å². The van der Waals surface area contributed by atoms with Crippen LogP contribution in [0.2, 0.25) is 0 Å². The van der Waals surface area contributed by atoms with E-state index < -0.39 is 0 Å². The van der Waals surface area contributed by atoms with Crippen LogP contribution < -0.4 is 4.90 Å². The molecule has 51 heavy (non-hydrogen) atoms. The Morgan fingerprint density at radius 2 is 1.24 bits per heavy atom. The minimum absolute atomic E-state index is 0.0935. The van der Waals surface area contributed by atoms with E-state index >= 15 is 0 Å². The average molecular weight is 672 g/mol. The van der Waals surface area contributed by atoms with Crippen molar-refractivity contribution in [2.75, 3.05) is 4.90 Å². The molecule has 2 aliphatic carbocycles. The quantitative estimate of drug-likeness (QED) is 0.176. The Balaban J connectivity index is 1.16. The summed E-state index contributed by atoms with van der Waals surface area (Å²) in [6.07, 6.45) is 6.91. The van der Waals surface area contributed by atoms with Gasteiger partial charge in [0.1, 0.15) is 0 Å². The van der Waals surface area contributed by atoms with E-state index in [0.717, 1.165) is 29.9 Å². The summed E-state index contributed by atoms with van der Waals surface area (Å²) in [7, 11) is 0. The van der Waals surface area contributed by atoms with Crippen molar-refractivity contribution in [3.8, 4) is 33.4 Å². The van der Waals surface area contributed by atoms with Crippen molar-refractivity contribution in [1.29, 1.82) is 0 Å². The van der Waals surface area contributed by atoms with Crippen molar-refractivity contribution in [3.05, 3.63) is 179 Å². The van der Waals surface area contributed by atoms with E-state index in [4.69, 9.17) is 0 Å². The van der Waals surface area contributed by atoms with Gasteiger partial charge < -0.3 is 4.90 Å². The van der Waals surface area contributed by atoms with Crippen molar-refractivity contribution in [1.82, 2.24) is 0 Å². The molecule has 8 aromatic rings. The molecule has 1 heterocycles. The summed E-state index contributed by atoms with van der Waals surface area (Å²) < 4.78 is 1.39. The highest BCUT2D eigenvalue weighted by Gasteiger charge is 2.35. The number of fused-ring (bicyclic) bond motifs is 7. The molecule has 0 aliphatic heterocycles. The van der Waals surface area contributed by atoms with Crippen LogP contribution in [0.5, 0.6) is 0 Å². The zero-order valence-electron chi connectivity index (χ0n) is 28.9. The molecule has 1 aromatic heterocycles.